The van der Waals surface area contributed by atoms with Crippen LogP contribution in [0.3, 0.4) is 0 Å². The molecule has 4 nitrogen and oxygen atoms in total. The van der Waals surface area contributed by atoms with E-state index in [0.29, 0.717) is 5.92 Å². The zero-order valence-electron chi connectivity index (χ0n) is 12.4. The lowest BCUT2D eigenvalue weighted by Gasteiger charge is -2.45. The first-order chi connectivity index (χ1) is 9.04. The summed E-state index contributed by atoms with van der Waals surface area (Å²) in [7, 11) is 0. The van der Waals surface area contributed by atoms with Crippen LogP contribution in [0.4, 0.5) is 0 Å². The Labute approximate surface area is 116 Å². The summed E-state index contributed by atoms with van der Waals surface area (Å²) in [6.07, 6.45) is 5.06. The molecule has 0 bridgehead atoms. The summed E-state index contributed by atoms with van der Waals surface area (Å²) in [6, 6.07) is 0.00450. The molecule has 2 aliphatic rings. The summed E-state index contributed by atoms with van der Waals surface area (Å²) in [6.45, 7) is 7.51. The van der Waals surface area contributed by atoms with Gasteiger partial charge in [-0.15, -0.1) is 0 Å². The van der Waals surface area contributed by atoms with Crippen molar-refractivity contribution < 1.29 is 9.59 Å². The van der Waals surface area contributed by atoms with E-state index in [-0.39, 0.29) is 30.4 Å². The first-order valence-electron chi connectivity index (χ1n) is 7.64. The van der Waals surface area contributed by atoms with Gasteiger partial charge in [0.05, 0.1) is 0 Å². The molecule has 0 saturated carbocycles. The number of hydrogen-bond acceptors (Lipinski definition) is 2. The predicted octanol–water partition coefficient (Wildman–Crippen LogP) is 2.03. The van der Waals surface area contributed by atoms with E-state index < -0.39 is 0 Å². The van der Waals surface area contributed by atoms with Gasteiger partial charge in [-0.1, -0.05) is 20.3 Å². The van der Waals surface area contributed by atoms with Gasteiger partial charge in [0.2, 0.25) is 11.8 Å². The number of piperazine rings is 1. The number of hydrogen-bond donors (Lipinski definition) is 0. The maximum absolute atomic E-state index is 12.5. The molecule has 3 atom stereocenters. The number of amides is 2. The van der Waals surface area contributed by atoms with Crippen LogP contribution in [-0.4, -0.2) is 46.8 Å². The minimum absolute atomic E-state index is 0.139. The second kappa shape index (κ2) is 5.93. The highest BCUT2D eigenvalue weighted by Gasteiger charge is 2.41. The van der Waals surface area contributed by atoms with Crippen molar-refractivity contribution in [1.82, 2.24) is 9.80 Å². The number of rotatable bonds is 4. The number of carbonyl (C=O) groups excluding carboxylic acids is 2. The van der Waals surface area contributed by atoms with Gasteiger partial charge in [0.15, 0.2) is 0 Å². The molecule has 2 fully saturated rings. The fourth-order valence-corrected chi connectivity index (χ4v) is 3.24. The first kappa shape index (κ1) is 14.4. The van der Waals surface area contributed by atoms with Crippen molar-refractivity contribution in [1.29, 1.82) is 0 Å². The molecule has 0 N–H and O–H groups in total. The molecule has 3 unspecified atom stereocenters. The summed E-state index contributed by atoms with van der Waals surface area (Å²) in [5.41, 5.74) is 0. The highest BCUT2D eigenvalue weighted by Crippen LogP contribution is 2.26. The minimum Gasteiger partial charge on any atom is -0.329 e. The molecule has 4 heteroatoms. The smallest absolute Gasteiger partial charge is 0.246 e. The Balaban J connectivity index is 2.05. The molecule has 2 heterocycles. The van der Waals surface area contributed by atoms with E-state index >= 15 is 0 Å². The van der Waals surface area contributed by atoms with E-state index in [1.807, 2.05) is 4.90 Å². The number of carbonyl (C=O) groups is 2. The molecule has 0 aromatic rings. The Kier molecular flexibility index (Phi) is 4.48. The molecule has 2 amide bonds. The van der Waals surface area contributed by atoms with Crippen molar-refractivity contribution in [2.24, 2.45) is 5.92 Å². The van der Waals surface area contributed by atoms with E-state index in [9.17, 15) is 9.59 Å². The van der Waals surface area contributed by atoms with Crippen molar-refractivity contribution in [3.8, 4) is 0 Å². The second-order valence-electron chi connectivity index (χ2n) is 6.16. The normalized spacial score (nSPS) is 27.2. The van der Waals surface area contributed by atoms with Crippen LogP contribution in [0.15, 0.2) is 0 Å². The van der Waals surface area contributed by atoms with Gasteiger partial charge in [-0.2, -0.15) is 0 Å². The molecule has 108 valence electrons. The lowest BCUT2D eigenvalue weighted by Crippen LogP contribution is -2.63. The van der Waals surface area contributed by atoms with Gasteiger partial charge < -0.3 is 9.80 Å². The molecule has 2 saturated heterocycles. The minimum atomic E-state index is -0.172. The van der Waals surface area contributed by atoms with Crippen molar-refractivity contribution in [3.63, 3.8) is 0 Å². The van der Waals surface area contributed by atoms with Gasteiger partial charge in [-0.25, -0.2) is 0 Å². The molecular formula is C15H26N2O2. The quantitative estimate of drug-likeness (QED) is 0.781. The second-order valence-corrected chi connectivity index (χ2v) is 6.16. The number of fused-ring (bicyclic) bond motifs is 1. The molecule has 2 aliphatic heterocycles. The summed E-state index contributed by atoms with van der Waals surface area (Å²) < 4.78 is 0. The van der Waals surface area contributed by atoms with Gasteiger partial charge >= 0.3 is 0 Å². The maximum Gasteiger partial charge on any atom is 0.246 e. The third kappa shape index (κ3) is 2.93. The van der Waals surface area contributed by atoms with Gasteiger partial charge in [0.1, 0.15) is 12.6 Å². The standard InChI is InChI=1S/C15H26N2O2/c1-4-11(2)9-12(3)17-10-14(18)16-8-6-5-7-13(16)15(17)19/h11-13H,4-10H2,1-3H3. The van der Waals surface area contributed by atoms with Crippen LogP contribution in [0, 0.1) is 5.92 Å². The summed E-state index contributed by atoms with van der Waals surface area (Å²) in [4.78, 5) is 28.3. The Bertz CT molecular complexity index is 356. The molecule has 0 aromatic carbocycles. The van der Waals surface area contributed by atoms with Gasteiger partial charge in [0.25, 0.3) is 0 Å². The van der Waals surface area contributed by atoms with Crippen LogP contribution < -0.4 is 0 Å². The molecular weight excluding hydrogens is 240 g/mol. The number of piperidine rings is 1. The Morgan fingerprint density at radius 3 is 2.68 bits per heavy atom. The van der Waals surface area contributed by atoms with E-state index in [2.05, 4.69) is 20.8 Å². The van der Waals surface area contributed by atoms with E-state index in [1.54, 1.807) is 4.90 Å². The Hall–Kier alpha value is -1.06. The highest BCUT2D eigenvalue weighted by atomic mass is 16.2. The molecule has 19 heavy (non-hydrogen) atoms. The highest BCUT2D eigenvalue weighted by molar-refractivity contribution is 5.95. The predicted molar refractivity (Wildman–Crippen MR) is 74.6 cm³/mol. The lowest BCUT2D eigenvalue weighted by atomic mass is 9.94. The topological polar surface area (TPSA) is 40.6 Å². The van der Waals surface area contributed by atoms with Crippen LogP contribution in [0.25, 0.3) is 0 Å². The largest absolute Gasteiger partial charge is 0.329 e. The Morgan fingerprint density at radius 1 is 1.26 bits per heavy atom. The monoisotopic (exact) mass is 266 g/mol. The van der Waals surface area contributed by atoms with Gasteiger partial charge in [-0.05, 0) is 38.5 Å². The number of nitrogens with zero attached hydrogens (tertiary/aromatic N) is 2. The molecule has 0 aromatic heterocycles. The van der Waals surface area contributed by atoms with Crippen molar-refractivity contribution in [2.45, 2.75) is 65.0 Å². The van der Waals surface area contributed by atoms with Gasteiger partial charge in [0, 0.05) is 12.6 Å². The Morgan fingerprint density at radius 2 is 2.00 bits per heavy atom. The fourth-order valence-electron chi connectivity index (χ4n) is 3.24. The SMILES string of the molecule is CCC(C)CC(C)N1CC(=O)N2CCCCC2C1=O. The maximum atomic E-state index is 12.5. The van der Waals surface area contributed by atoms with Crippen LogP contribution in [0.2, 0.25) is 0 Å². The third-order valence-electron chi connectivity index (χ3n) is 4.67. The zero-order valence-corrected chi connectivity index (χ0v) is 12.4. The first-order valence-corrected chi connectivity index (χ1v) is 7.64. The molecule has 0 spiro atoms. The fraction of sp³-hybridized carbons (Fsp3) is 0.867. The lowest BCUT2D eigenvalue weighted by molar-refractivity contribution is -0.160. The summed E-state index contributed by atoms with van der Waals surface area (Å²) in [5.74, 6) is 0.915. The zero-order chi connectivity index (χ0) is 14.0. The van der Waals surface area contributed by atoms with Crippen molar-refractivity contribution in [3.05, 3.63) is 0 Å². The average Bonchev–Trinajstić information content (AvgIpc) is 2.42. The van der Waals surface area contributed by atoms with Crippen LogP contribution in [-0.2, 0) is 9.59 Å². The molecule has 2 rings (SSSR count). The summed E-state index contributed by atoms with van der Waals surface area (Å²) >= 11 is 0. The third-order valence-corrected chi connectivity index (χ3v) is 4.67. The van der Waals surface area contributed by atoms with E-state index in [4.69, 9.17) is 0 Å². The average molecular weight is 266 g/mol. The van der Waals surface area contributed by atoms with Gasteiger partial charge in [-0.3, -0.25) is 9.59 Å². The van der Waals surface area contributed by atoms with Crippen molar-refractivity contribution >= 4 is 11.8 Å². The molecule has 0 aliphatic carbocycles. The molecule has 0 radical (unpaired) electrons. The van der Waals surface area contributed by atoms with Crippen LogP contribution in [0.5, 0.6) is 0 Å². The van der Waals surface area contributed by atoms with E-state index in [0.717, 1.165) is 38.6 Å². The summed E-state index contributed by atoms with van der Waals surface area (Å²) in [5, 5.41) is 0. The van der Waals surface area contributed by atoms with Crippen molar-refractivity contribution in [2.75, 3.05) is 13.1 Å². The van der Waals surface area contributed by atoms with E-state index in [1.165, 1.54) is 0 Å². The van der Waals surface area contributed by atoms with Crippen LogP contribution >= 0.6 is 0 Å². The van der Waals surface area contributed by atoms with Crippen LogP contribution in [0.1, 0.15) is 52.9 Å².